The summed E-state index contributed by atoms with van der Waals surface area (Å²) in [6, 6.07) is 4.70. The van der Waals surface area contributed by atoms with Gasteiger partial charge < -0.3 is 15.2 Å². The summed E-state index contributed by atoms with van der Waals surface area (Å²) in [4.78, 5) is 24.4. The summed E-state index contributed by atoms with van der Waals surface area (Å²) >= 11 is 0. The molecule has 0 aromatic heterocycles. The molecule has 0 saturated heterocycles. The van der Waals surface area contributed by atoms with Gasteiger partial charge in [0.15, 0.2) is 0 Å². The van der Waals surface area contributed by atoms with Crippen molar-refractivity contribution in [1.82, 2.24) is 10.6 Å². The van der Waals surface area contributed by atoms with Crippen LogP contribution in [-0.2, 0) is 11.3 Å². The number of benzene rings is 1. The molecule has 2 aliphatic rings. The van der Waals surface area contributed by atoms with E-state index in [0.29, 0.717) is 12.3 Å². The van der Waals surface area contributed by atoms with Crippen molar-refractivity contribution >= 4 is 11.8 Å². The third-order valence-corrected chi connectivity index (χ3v) is 4.55. The van der Waals surface area contributed by atoms with Crippen molar-refractivity contribution in [2.75, 3.05) is 6.54 Å². The highest BCUT2D eigenvalue weighted by atomic mass is 19.3. The van der Waals surface area contributed by atoms with Crippen LogP contribution in [0.1, 0.15) is 41.6 Å². The Hall–Kier alpha value is -2.06. The number of rotatable bonds is 2. The molecule has 3 rings (SSSR count). The van der Waals surface area contributed by atoms with Crippen molar-refractivity contribution in [3.8, 4) is 5.75 Å². The zero-order valence-corrected chi connectivity index (χ0v) is 13.6. The Morgan fingerprint density at radius 2 is 2.00 bits per heavy atom. The summed E-state index contributed by atoms with van der Waals surface area (Å²) in [7, 11) is 0. The molecule has 136 valence electrons. The fourth-order valence-corrected chi connectivity index (χ4v) is 3.06. The molecular weight excluding hydrogens is 334 g/mol. The minimum absolute atomic E-state index is 0.0667. The Morgan fingerprint density at radius 3 is 2.72 bits per heavy atom. The third-order valence-electron chi connectivity index (χ3n) is 4.55. The van der Waals surface area contributed by atoms with Gasteiger partial charge in [0.2, 0.25) is 18.1 Å². The first kappa shape index (κ1) is 17.8. The van der Waals surface area contributed by atoms with E-state index in [1.54, 1.807) is 12.1 Å². The van der Waals surface area contributed by atoms with E-state index in [9.17, 15) is 23.5 Å². The second-order valence-corrected chi connectivity index (χ2v) is 6.47. The first-order chi connectivity index (χ1) is 11.8. The number of carbonyl (C=O) groups excluding carboxylic acids is 2. The minimum atomic E-state index is -2.72. The molecule has 1 unspecified atom stereocenters. The maximum atomic E-state index is 13.2. The predicted molar refractivity (Wildman–Crippen MR) is 84.2 cm³/mol. The Bertz CT molecular complexity index is 671. The van der Waals surface area contributed by atoms with E-state index < -0.39 is 29.9 Å². The number of aliphatic hydroxyl groups excluding tert-OH is 1. The van der Waals surface area contributed by atoms with Crippen molar-refractivity contribution in [2.24, 2.45) is 5.92 Å². The maximum Gasteiger partial charge on any atom is 0.257 e. The average Bonchev–Trinajstić information content (AvgIpc) is 2.74. The van der Waals surface area contributed by atoms with Crippen LogP contribution in [0.3, 0.4) is 0 Å². The zero-order chi connectivity index (χ0) is 18.0. The van der Waals surface area contributed by atoms with Gasteiger partial charge in [-0.15, -0.1) is 0 Å². The van der Waals surface area contributed by atoms with E-state index in [0.717, 1.165) is 5.56 Å². The van der Waals surface area contributed by atoms with Crippen LogP contribution >= 0.6 is 0 Å². The van der Waals surface area contributed by atoms with Gasteiger partial charge in [-0.25, -0.2) is 8.78 Å². The molecule has 0 spiro atoms. The van der Waals surface area contributed by atoms with Crippen LogP contribution in [-0.4, -0.2) is 35.7 Å². The van der Waals surface area contributed by atoms with Gasteiger partial charge in [0.05, 0.1) is 6.54 Å². The maximum absolute atomic E-state index is 13.2. The van der Waals surface area contributed by atoms with Crippen molar-refractivity contribution < 1.29 is 28.2 Å². The largest absolute Gasteiger partial charge is 0.463 e. The van der Waals surface area contributed by atoms with E-state index in [1.807, 2.05) is 0 Å². The topological polar surface area (TPSA) is 87.7 Å². The number of amides is 2. The number of ether oxygens (including phenoxy) is 1. The first-order valence-corrected chi connectivity index (χ1v) is 8.25. The molecule has 1 aromatic carbocycles. The van der Waals surface area contributed by atoms with Crippen LogP contribution in [0.25, 0.3) is 0 Å². The van der Waals surface area contributed by atoms with Crippen LogP contribution in [0.5, 0.6) is 5.75 Å². The molecule has 1 atom stereocenters. The molecule has 2 amide bonds. The fraction of sp³-hybridized carbons (Fsp3) is 0.529. The van der Waals surface area contributed by atoms with Gasteiger partial charge in [0.25, 0.3) is 5.91 Å². The van der Waals surface area contributed by atoms with Crippen molar-refractivity contribution in [1.29, 1.82) is 0 Å². The lowest BCUT2D eigenvalue weighted by Crippen LogP contribution is -2.39. The molecular formula is C17H20F2N2O4. The van der Waals surface area contributed by atoms with E-state index >= 15 is 0 Å². The smallest absolute Gasteiger partial charge is 0.257 e. The Morgan fingerprint density at radius 1 is 1.28 bits per heavy atom. The summed E-state index contributed by atoms with van der Waals surface area (Å²) in [5, 5.41) is 14.9. The molecule has 3 N–H and O–H groups in total. The summed E-state index contributed by atoms with van der Waals surface area (Å²) in [5.74, 6) is -4.07. The minimum Gasteiger partial charge on any atom is -0.463 e. The van der Waals surface area contributed by atoms with Gasteiger partial charge in [-0.1, -0.05) is 6.07 Å². The molecule has 0 bridgehead atoms. The van der Waals surface area contributed by atoms with Gasteiger partial charge in [-0.2, -0.15) is 0 Å². The van der Waals surface area contributed by atoms with E-state index in [2.05, 4.69) is 10.6 Å². The van der Waals surface area contributed by atoms with Gasteiger partial charge in [-0.3, -0.25) is 14.9 Å². The first-order valence-electron chi connectivity index (χ1n) is 8.25. The number of aliphatic hydroxyl groups is 1. The van der Waals surface area contributed by atoms with Crippen molar-refractivity contribution in [3.05, 3.63) is 29.3 Å². The molecule has 1 heterocycles. The van der Waals surface area contributed by atoms with Crippen LogP contribution < -0.4 is 15.4 Å². The number of β-amino-alcohol motifs (C(OH)–C–C–N with tert-alkyl or cyclic N) is 1. The lowest BCUT2D eigenvalue weighted by Gasteiger charge is -2.27. The standard InChI is InChI=1S/C17H20F2N2O4/c18-17(19)5-3-10(4-6-17)15(23)21-16(24)11-1-2-12-8-20-9-14(22)25-13(12)7-11/h1-2,7,10,14,20,22H,3-6,8-9H2,(H,21,23,24). The number of hydrogen-bond donors (Lipinski definition) is 3. The summed E-state index contributed by atoms with van der Waals surface area (Å²) in [6.45, 7) is 0.754. The number of halogens is 2. The van der Waals surface area contributed by atoms with Gasteiger partial charge >= 0.3 is 0 Å². The van der Waals surface area contributed by atoms with Crippen molar-refractivity contribution in [3.63, 3.8) is 0 Å². The SMILES string of the molecule is O=C(NC(=O)C1CCC(F)(F)CC1)c1ccc2c(c1)OC(O)CNC2. The molecule has 1 fully saturated rings. The molecule has 25 heavy (non-hydrogen) atoms. The molecule has 1 saturated carbocycles. The number of nitrogens with one attached hydrogen (secondary N) is 2. The average molecular weight is 354 g/mol. The molecule has 8 heteroatoms. The van der Waals surface area contributed by atoms with Gasteiger partial charge in [-0.05, 0) is 25.0 Å². The molecule has 6 nitrogen and oxygen atoms in total. The Balaban J connectivity index is 1.64. The van der Waals surface area contributed by atoms with Gasteiger partial charge in [0, 0.05) is 36.4 Å². The highest BCUT2D eigenvalue weighted by Gasteiger charge is 2.37. The van der Waals surface area contributed by atoms with Crippen molar-refractivity contribution in [2.45, 2.75) is 44.4 Å². The monoisotopic (exact) mass is 354 g/mol. The number of hydrogen-bond acceptors (Lipinski definition) is 5. The van der Waals surface area contributed by atoms with Crippen LogP contribution in [0.2, 0.25) is 0 Å². The number of carbonyl (C=O) groups is 2. The number of alkyl halides is 2. The lowest BCUT2D eigenvalue weighted by atomic mass is 9.86. The van der Waals surface area contributed by atoms with Crippen LogP contribution in [0.4, 0.5) is 8.78 Å². The highest BCUT2D eigenvalue weighted by molar-refractivity contribution is 6.05. The predicted octanol–water partition coefficient (Wildman–Crippen LogP) is 1.57. The van der Waals surface area contributed by atoms with E-state index in [1.165, 1.54) is 6.07 Å². The molecule has 1 aromatic rings. The number of imide groups is 1. The Labute approximate surface area is 143 Å². The quantitative estimate of drug-likeness (QED) is 0.702. The number of fused-ring (bicyclic) bond motifs is 1. The Kier molecular flexibility index (Phi) is 5.01. The second-order valence-electron chi connectivity index (χ2n) is 6.47. The highest BCUT2D eigenvalue weighted by Crippen LogP contribution is 2.36. The zero-order valence-electron chi connectivity index (χ0n) is 13.6. The fourth-order valence-electron chi connectivity index (χ4n) is 3.06. The lowest BCUT2D eigenvalue weighted by molar-refractivity contribution is -0.128. The summed E-state index contributed by atoms with van der Waals surface area (Å²) < 4.78 is 31.6. The van der Waals surface area contributed by atoms with Crippen LogP contribution in [0, 0.1) is 5.92 Å². The van der Waals surface area contributed by atoms with E-state index in [-0.39, 0.29) is 37.8 Å². The third kappa shape index (κ3) is 4.32. The summed E-state index contributed by atoms with van der Waals surface area (Å²) in [5.41, 5.74) is 0.997. The van der Waals surface area contributed by atoms with E-state index in [4.69, 9.17) is 4.74 Å². The molecule has 1 aliphatic carbocycles. The van der Waals surface area contributed by atoms with Crippen LogP contribution in [0.15, 0.2) is 18.2 Å². The normalized spacial score (nSPS) is 23.1. The second kappa shape index (κ2) is 7.05. The molecule has 0 radical (unpaired) electrons. The summed E-state index contributed by atoms with van der Waals surface area (Å²) in [6.07, 6.45) is -1.56. The molecule has 1 aliphatic heterocycles. The van der Waals surface area contributed by atoms with Gasteiger partial charge in [0.1, 0.15) is 5.75 Å².